The van der Waals surface area contributed by atoms with Crippen molar-refractivity contribution >= 4 is 5.91 Å². The third-order valence-electron chi connectivity index (χ3n) is 2.01. The fourth-order valence-electron chi connectivity index (χ4n) is 0.882. The number of rotatable bonds is 5. The minimum Gasteiger partial charge on any atom is -0.394 e. The average Bonchev–Trinajstić information content (AvgIpc) is 2.14. The van der Waals surface area contributed by atoms with Gasteiger partial charge in [0.05, 0.1) is 18.7 Å². The number of amides is 1. The van der Waals surface area contributed by atoms with Crippen molar-refractivity contribution in [1.29, 1.82) is 0 Å². The van der Waals surface area contributed by atoms with Crippen LogP contribution in [-0.4, -0.2) is 41.7 Å². The van der Waals surface area contributed by atoms with Crippen molar-refractivity contribution in [2.45, 2.75) is 25.4 Å². The highest BCUT2D eigenvalue weighted by molar-refractivity contribution is 5.81. The lowest BCUT2D eigenvalue weighted by Gasteiger charge is -2.25. The largest absolute Gasteiger partial charge is 0.394 e. The number of nitrogens with two attached hydrogens (primary N) is 1. The first-order chi connectivity index (χ1) is 6.04. The molecule has 0 saturated carbocycles. The lowest BCUT2D eigenvalue weighted by molar-refractivity contribution is -0.133. The summed E-state index contributed by atoms with van der Waals surface area (Å²) >= 11 is 0. The molecule has 1 amide bonds. The van der Waals surface area contributed by atoms with E-state index < -0.39 is 6.04 Å². The van der Waals surface area contributed by atoms with E-state index in [0.717, 1.165) is 0 Å². The van der Waals surface area contributed by atoms with Gasteiger partial charge in [-0.2, -0.15) is 0 Å². The van der Waals surface area contributed by atoms with E-state index in [4.69, 9.17) is 10.8 Å². The standard InChI is InChI=1S/C9H18N2O2/c1-4-5-8(10)9(13)11(3)7(2)6-12/h4,7-8,12H,1,5-6,10H2,2-3H3. The lowest BCUT2D eigenvalue weighted by atomic mass is 10.2. The number of hydrogen-bond donors (Lipinski definition) is 2. The summed E-state index contributed by atoms with van der Waals surface area (Å²) in [5.41, 5.74) is 5.58. The summed E-state index contributed by atoms with van der Waals surface area (Å²) in [5.74, 6) is -0.165. The molecule has 76 valence electrons. The van der Waals surface area contributed by atoms with Crippen molar-refractivity contribution in [2.75, 3.05) is 13.7 Å². The second kappa shape index (κ2) is 5.72. The van der Waals surface area contributed by atoms with Crippen LogP contribution in [0.4, 0.5) is 0 Å². The van der Waals surface area contributed by atoms with Gasteiger partial charge in [-0.15, -0.1) is 6.58 Å². The molecule has 2 unspecified atom stereocenters. The van der Waals surface area contributed by atoms with Crippen molar-refractivity contribution in [3.05, 3.63) is 12.7 Å². The van der Waals surface area contributed by atoms with Crippen LogP contribution in [0.15, 0.2) is 12.7 Å². The summed E-state index contributed by atoms with van der Waals surface area (Å²) in [6.07, 6.45) is 2.07. The van der Waals surface area contributed by atoms with Crippen molar-refractivity contribution < 1.29 is 9.90 Å². The summed E-state index contributed by atoms with van der Waals surface area (Å²) in [4.78, 5) is 12.9. The van der Waals surface area contributed by atoms with Crippen LogP contribution in [0.1, 0.15) is 13.3 Å². The van der Waals surface area contributed by atoms with E-state index in [1.54, 1.807) is 20.0 Å². The number of hydrogen-bond acceptors (Lipinski definition) is 3. The molecule has 0 radical (unpaired) electrons. The minimum atomic E-state index is -0.545. The zero-order chi connectivity index (χ0) is 10.4. The molecule has 0 rings (SSSR count). The van der Waals surface area contributed by atoms with Crippen molar-refractivity contribution in [3.63, 3.8) is 0 Å². The van der Waals surface area contributed by atoms with Crippen LogP contribution in [0, 0.1) is 0 Å². The van der Waals surface area contributed by atoms with Crippen molar-refractivity contribution in [2.24, 2.45) is 5.73 Å². The Balaban J connectivity index is 4.15. The van der Waals surface area contributed by atoms with Gasteiger partial charge in [-0.25, -0.2) is 0 Å². The van der Waals surface area contributed by atoms with Crippen LogP contribution in [-0.2, 0) is 4.79 Å². The smallest absolute Gasteiger partial charge is 0.239 e. The van der Waals surface area contributed by atoms with Gasteiger partial charge >= 0.3 is 0 Å². The Morgan fingerprint density at radius 3 is 2.69 bits per heavy atom. The summed E-state index contributed by atoms with van der Waals surface area (Å²) in [6.45, 7) is 5.22. The number of carbonyl (C=O) groups is 1. The maximum atomic E-state index is 11.5. The molecule has 0 aromatic rings. The van der Waals surface area contributed by atoms with E-state index >= 15 is 0 Å². The number of aliphatic hydroxyl groups excluding tert-OH is 1. The van der Waals surface area contributed by atoms with Crippen LogP contribution < -0.4 is 5.73 Å². The van der Waals surface area contributed by atoms with Crippen LogP contribution in [0.5, 0.6) is 0 Å². The number of carbonyl (C=O) groups excluding carboxylic acids is 1. The molecule has 0 aliphatic rings. The normalized spacial score (nSPS) is 14.8. The minimum absolute atomic E-state index is 0.0525. The van der Waals surface area contributed by atoms with Gasteiger partial charge in [-0.3, -0.25) is 4.79 Å². The van der Waals surface area contributed by atoms with Gasteiger partial charge in [0.1, 0.15) is 0 Å². The van der Waals surface area contributed by atoms with Crippen LogP contribution in [0.25, 0.3) is 0 Å². The topological polar surface area (TPSA) is 66.6 Å². The molecule has 4 nitrogen and oxygen atoms in total. The molecule has 0 saturated heterocycles. The Morgan fingerprint density at radius 1 is 1.77 bits per heavy atom. The number of aliphatic hydroxyl groups is 1. The fourth-order valence-corrected chi connectivity index (χ4v) is 0.882. The molecule has 0 aliphatic carbocycles. The molecule has 0 bridgehead atoms. The molecule has 0 aliphatic heterocycles. The molecule has 0 spiro atoms. The second-order valence-electron chi connectivity index (χ2n) is 3.11. The highest BCUT2D eigenvalue weighted by Gasteiger charge is 2.20. The second-order valence-corrected chi connectivity index (χ2v) is 3.11. The first-order valence-electron chi connectivity index (χ1n) is 4.28. The zero-order valence-electron chi connectivity index (χ0n) is 8.23. The van der Waals surface area contributed by atoms with Crippen LogP contribution in [0.2, 0.25) is 0 Å². The third kappa shape index (κ3) is 3.57. The first-order valence-corrected chi connectivity index (χ1v) is 4.28. The Morgan fingerprint density at radius 2 is 2.31 bits per heavy atom. The van der Waals surface area contributed by atoms with Crippen molar-refractivity contribution in [1.82, 2.24) is 4.90 Å². The van der Waals surface area contributed by atoms with E-state index in [2.05, 4.69) is 6.58 Å². The number of nitrogens with zero attached hydrogens (tertiary/aromatic N) is 1. The Bertz CT molecular complexity index is 182. The molecule has 0 fully saturated rings. The lowest BCUT2D eigenvalue weighted by Crippen LogP contribution is -2.46. The number of likely N-dealkylation sites (N-methyl/N-ethyl adjacent to an activating group) is 1. The monoisotopic (exact) mass is 186 g/mol. The summed E-state index contributed by atoms with van der Waals surface area (Å²) in [7, 11) is 1.63. The van der Waals surface area contributed by atoms with Gasteiger partial charge < -0.3 is 15.7 Å². The fraction of sp³-hybridized carbons (Fsp3) is 0.667. The van der Waals surface area contributed by atoms with E-state index in [0.29, 0.717) is 6.42 Å². The van der Waals surface area contributed by atoms with Gasteiger partial charge in [0.15, 0.2) is 0 Å². The third-order valence-corrected chi connectivity index (χ3v) is 2.01. The van der Waals surface area contributed by atoms with Gasteiger partial charge in [-0.1, -0.05) is 6.08 Å². The quantitative estimate of drug-likeness (QED) is 0.581. The van der Waals surface area contributed by atoms with E-state index in [9.17, 15) is 4.79 Å². The molecule has 2 atom stereocenters. The Labute approximate surface area is 79.0 Å². The van der Waals surface area contributed by atoms with E-state index in [-0.39, 0.29) is 18.6 Å². The van der Waals surface area contributed by atoms with Gasteiger partial charge in [0, 0.05) is 7.05 Å². The van der Waals surface area contributed by atoms with Crippen LogP contribution in [0.3, 0.4) is 0 Å². The molecule has 0 aromatic heterocycles. The molecular weight excluding hydrogens is 168 g/mol. The van der Waals surface area contributed by atoms with Gasteiger partial charge in [-0.05, 0) is 13.3 Å². The molecular formula is C9H18N2O2. The van der Waals surface area contributed by atoms with Crippen molar-refractivity contribution in [3.8, 4) is 0 Å². The molecule has 4 heteroatoms. The first kappa shape index (κ1) is 12.1. The molecule has 0 aromatic carbocycles. The molecule has 3 N–H and O–H groups in total. The SMILES string of the molecule is C=CCC(N)C(=O)N(C)C(C)CO. The summed E-state index contributed by atoms with van der Waals surface area (Å²) in [5, 5.41) is 8.81. The predicted molar refractivity (Wildman–Crippen MR) is 52.1 cm³/mol. The van der Waals surface area contributed by atoms with Crippen LogP contribution >= 0.6 is 0 Å². The average molecular weight is 186 g/mol. The predicted octanol–water partition coefficient (Wildman–Crippen LogP) is -0.271. The summed E-state index contributed by atoms with van der Waals surface area (Å²) in [6, 6.07) is -0.736. The van der Waals surface area contributed by atoms with Gasteiger partial charge in [0.25, 0.3) is 0 Å². The summed E-state index contributed by atoms with van der Waals surface area (Å²) < 4.78 is 0. The molecule has 13 heavy (non-hydrogen) atoms. The Kier molecular flexibility index (Phi) is 5.34. The zero-order valence-corrected chi connectivity index (χ0v) is 8.23. The van der Waals surface area contributed by atoms with Gasteiger partial charge in [0.2, 0.25) is 5.91 Å². The maximum absolute atomic E-state index is 11.5. The molecule has 0 heterocycles. The van der Waals surface area contributed by atoms with E-state index in [1.165, 1.54) is 4.90 Å². The maximum Gasteiger partial charge on any atom is 0.239 e. The van der Waals surface area contributed by atoms with E-state index in [1.807, 2.05) is 0 Å². The Hall–Kier alpha value is -0.870. The highest BCUT2D eigenvalue weighted by atomic mass is 16.3. The highest BCUT2D eigenvalue weighted by Crippen LogP contribution is 2.00.